The lowest BCUT2D eigenvalue weighted by atomic mass is 9.81. The van der Waals surface area contributed by atoms with Crippen LogP contribution in [0.25, 0.3) is 121 Å². The molecule has 2 heterocycles. The molecule has 12 aromatic rings. The fourth-order valence-electron chi connectivity index (χ4n) is 10.3. The average Bonchev–Trinajstić information content (AvgIpc) is 3.93. The van der Waals surface area contributed by atoms with Gasteiger partial charge in [0.2, 0.25) is 0 Å². The fourth-order valence-corrected chi connectivity index (χ4v) is 10.3. The molecule has 2 aromatic heterocycles. The summed E-state index contributed by atoms with van der Waals surface area (Å²) >= 11 is 0. The van der Waals surface area contributed by atoms with Crippen molar-refractivity contribution in [3.05, 3.63) is 193 Å². The average molecular weight is 753 g/mol. The van der Waals surface area contributed by atoms with E-state index in [1.807, 2.05) is 18.2 Å². The van der Waals surface area contributed by atoms with E-state index in [4.69, 9.17) is 8.83 Å². The highest BCUT2D eigenvalue weighted by molar-refractivity contribution is 6.26. The first kappa shape index (κ1) is 32.6. The SMILES string of the molecule is CC1(C)c2ccccc2-c2ccc(-c3ccc4c5ccc(-c6cccc(-c7ccc8oc9c(ccc%10c%11ccccc%11oc%109)c8c7)c6)cc5c5ccccc5c4c3)cc21. The van der Waals surface area contributed by atoms with Crippen LogP contribution >= 0.6 is 0 Å². The minimum Gasteiger partial charge on any atom is -0.452 e. The molecule has 2 heteroatoms. The Labute approximate surface area is 340 Å². The number of fused-ring (bicyclic) bond motifs is 16. The van der Waals surface area contributed by atoms with E-state index in [0.717, 1.165) is 49.4 Å². The molecule has 276 valence electrons. The monoisotopic (exact) mass is 752 g/mol. The summed E-state index contributed by atoms with van der Waals surface area (Å²) < 4.78 is 12.8. The fraction of sp³-hybridized carbons (Fsp3) is 0.0526. The summed E-state index contributed by atoms with van der Waals surface area (Å²) in [7, 11) is 0. The predicted molar refractivity (Wildman–Crippen MR) is 247 cm³/mol. The third kappa shape index (κ3) is 4.63. The molecule has 0 fully saturated rings. The largest absolute Gasteiger partial charge is 0.452 e. The normalized spacial score (nSPS) is 13.4. The molecular formula is C57H36O2. The van der Waals surface area contributed by atoms with E-state index in [1.54, 1.807) is 0 Å². The summed E-state index contributed by atoms with van der Waals surface area (Å²) in [5.41, 5.74) is 16.0. The van der Waals surface area contributed by atoms with Crippen molar-refractivity contribution in [2.75, 3.05) is 0 Å². The Morgan fingerprint density at radius 1 is 0.288 bits per heavy atom. The molecule has 0 aliphatic heterocycles. The Morgan fingerprint density at radius 2 is 0.746 bits per heavy atom. The van der Waals surface area contributed by atoms with E-state index in [9.17, 15) is 0 Å². The number of hydrogen-bond acceptors (Lipinski definition) is 2. The van der Waals surface area contributed by atoms with Gasteiger partial charge in [-0.05, 0) is 143 Å². The molecule has 0 radical (unpaired) electrons. The highest BCUT2D eigenvalue weighted by Crippen LogP contribution is 2.50. The number of rotatable bonds is 3. The number of hydrogen-bond donors (Lipinski definition) is 0. The third-order valence-electron chi connectivity index (χ3n) is 13.3. The third-order valence-corrected chi connectivity index (χ3v) is 13.3. The number of furan rings is 2. The molecule has 0 N–H and O–H groups in total. The van der Waals surface area contributed by atoms with Gasteiger partial charge in [0.05, 0.1) is 0 Å². The van der Waals surface area contributed by atoms with Gasteiger partial charge in [0.1, 0.15) is 11.2 Å². The Hall–Kier alpha value is -7.42. The van der Waals surface area contributed by atoms with Crippen molar-refractivity contribution in [1.82, 2.24) is 0 Å². The van der Waals surface area contributed by atoms with Gasteiger partial charge in [-0.25, -0.2) is 0 Å². The van der Waals surface area contributed by atoms with Crippen LogP contribution in [0.3, 0.4) is 0 Å². The van der Waals surface area contributed by atoms with Gasteiger partial charge in [0.25, 0.3) is 0 Å². The molecule has 1 aliphatic carbocycles. The van der Waals surface area contributed by atoms with Crippen LogP contribution in [-0.4, -0.2) is 0 Å². The zero-order chi connectivity index (χ0) is 39.0. The Bertz CT molecular complexity index is 3740. The summed E-state index contributed by atoms with van der Waals surface area (Å²) in [6, 6.07) is 66.8. The maximum atomic E-state index is 6.46. The molecule has 0 saturated carbocycles. The van der Waals surface area contributed by atoms with Gasteiger partial charge in [-0.2, -0.15) is 0 Å². The topological polar surface area (TPSA) is 26.3 Å². The first-order valence-electron chi connectivity index (χ1n) is 20.5. The molecule has 10 aromatic carbocycles. The van der Waals surface area contributed by atoms with E-state index in [2.05, 4.69) is 178 Å². The van der Waals surface area contributed by atoms with Crippen LogP contribution in [0.1, 0.15) is 25.0 Å². The molecule has 0 bridgehead atoms. The van der Waals surface area contributed by atoms with Crippen molar-refractivity contribution in [2.45, 2.75) is 19.3 Å². The molecule has 0 unspecified atom stereocenters. The highest BCUT2D eigenvalue weighted by atomic mass is 16.4. The van der Waals surface area contributed by atoms with Gasteiger partial charge >= 0.3 is 0 Å². The Morgan fingerprint density at radius 3 is 1.44 bits per heavy atom. The van der Waals surface area contributed by atoms with E-state index < -0.39 is 0 Å². The van der Waals surface area contributed by atoms with Gasteiger partial charge in [0.15, 0.2) is 11.2 Å². The van der Waals surface area contributed by atoms with Gasteiger partial charge in [-0.15, -0.1) is 0 Å². The van der Waals surface area contributed by atoms with Crippen LogP contribution in [-0.2, 0) is 5.41 Å². The van der Waals surface area contributed by atoms with E-state index in [-0.39, 0.29) is 5.41 Å². The molecule has 0 atom stereocenters. The van der Waals surface area contributed by atoms with Crippen LogP contribution in [0.4, 0.5) is 0 Å². The second-order valence-electron chi connectivity index (χ2n) is 16.8. The quantitative estimate of drug-likeness (QED) is 0.168. The summed E-state index contributed by atoms with van der Waals surface area (Å²) in [6.07, 6.45) is 0. The molecule has 0 spiro atoms. The Kier molecular flexibility index (Phi) is 6.54. The first-order valence-corrected chi connectivity index (χ1v) is 20.5. The predicted octanol–water partition coefficient (Wildman–Crippen LogP) is 16.3. The maximum Gasteiger partial charge on any atom is 0.178 e. The molecule has 0 saturated heterocycles. The van der Waals surface area contributed by atoms with Crippen molar-refractivity contribution < 1.29 is 8.83 Å². The van der Waals surface area contributed by atoms with Crippen molar-refractivity contribution >= 4 is 76.2 Å². The summed E-state index contributed by atoms with van der Waals surface area (Å²) in [5.74, 6) is 0. The number of benzene rings is 10. The smallest absolute Gasteiger partial charge is 0.178 e. The van der Waals surface area contributed by atoms with E-state index >= 15 is 0 Å². The van der Waals surface area contributed by atoms with Crippen LogP contribution in [0.2, 0.25) is 0 Å². The lowest BCUT2D eigenvalue weighted by molar-refractivity contribution is 0.633. The standard InChI is InChI=1S/C57H36O2/c1-57(2)51-16-7-5-14-43(51)44-24-20-38(32-52(44)57)36-19-23-42-41-22-18-35(29-48(41)39-12-3-4-13-40(39)49(42)30-36)33-10-9-11-34(28-33)37-21-27-54-50(31-37)47-26-25-46-45-15-6-8-17-53(45)58-55(46)56(47)59-54/h3-32H,1-2H3. The minimum absolute atomic E-state index is 0.0364. The molecule has 13 rings (SSSR count). The molecule has 0 amide bonds. The summed E-state index contributed by atoms with van der Waals surface area (Å²) in [6.45, 7) is 4.71. The molecular weight excluding hydrogens is 717 g/mol. The maximum absolute atomic E-state index is 6.46. The van der Waals surface area contributed by atoms with Crippen LogP contribution in [0.5, 0.6) is 0 Å². The van der Waals surface area contributed by atoms with Gasteiger partial charge in [0, 0.05) is 27.0 Å². The zero-order valence-electron chi connectivity index (χ0n) is 32.6. The van der Waals surface area contributed by atoms with Crippen LogP contribution < -0.4 is 0 Å². The first-order chi connectivity index (χ1) is 29.0. The van der Waals surface area contributed by atoms with Crippen molar-refractivity contribution in [1.29, 1.82) is 0 Å². The van der Waals surface area contributed by atoms with Crippen molar-refractivity contribution in [2.24, 2.45) is 0 Å². The second kappa shape index (κ2) is 11.8. The summed E-state index contributed by atoms with van der Waals surface area (Å²) in [5, 5.41) is 12.0. The van der Waals surface area contributed by atoms with Crippen LogP contribution in [0, 0.1) is 0 Å². The molecule has 1 aliphatic rings. The van der Waals surface area contributed by atoms with Crippen molar-refractivity contribution in [3.63, 3.8) is 0 Å². The van der Waals surface area contributed by atoms with E-state index in [0.29, 0.717) is 0 Å². The van der Waals surface area contributed by atoms with Gasteiger partial charge < -0.3 is 8.83 Å². The van der Waals surface area contributed by atoms with Gasteiger partial charge in [-0.1, -0.05) is 141 Å². The van der Waals surface area contributed by atoms with Crippen LogP contribution in [0.15, 0.2) is 191 Å². The lowest BCUT2D eigenvalue weighted by Crippen LogP contribution is -2.14. The minimum atomic E-state index is -0.0364. The second-order valence-corrected chi connectivity index (χ2v) is 16.8. The Balaban J connectivity index is 0.901. The zero-order valence-corrected chi connectivity index (χ0v) is 32.6. The van der Waals surface area contributed by atoms with Gasteiger partial charge in [-0.3, -0.25) is 0 Å². The number of para-hydroxylation sites is 1. The summed E-state index contributed by atoms with van der Waals surface area (Å²) in [4.78, 5) is 0. The molecule has 59 heavy (non-hydrogen) atoms. The molecule has 2 nitrogen and oxygen atoms in total. The lowest BCUT2D eigenvalue weighted by Gasteiger charge is -2.22. The highest BCUT2D eigenvalue weighted by Gasteiger charge is 2.35. The van der Waals surface area contributed by atoms with Crippen molar-refractivity contribution in [3.8, 4) is 44.5 Å². The van der Waals surface area contributed by atoms with E-state index in [1.165, 1.54) is 82.4 Å².